The monoisotopic (exact) mass is 274 g/mol. The first kappa shape index (κ1) is 13.7. The molecule has 2 aromatic rings. The Bertz CT molecular complexity index is 669. The Morgan fingerprint density at radius 2 is 1.85 bits per heavy atom. The van der Waals surface area contributed by atoms with Gasteiger partial charge in [-0.2, -0.15) is 0 Å². The van der Waals surface area contributed by atoms with Gasteiger partial charge in [-0.1, -0.05) is 6.07 Å². The molecule has 1 N–H and O–H groups in total. The maximum absolute atomic E-state index is 12.8. The number of nitrogens with one attached hydrogen (secondary N) is 1. The molecule has 0 spiro atoms. The first-order chi connectivity index (χ1) is 9.49. The molecule has 0 fully saturated rings. The minimum atomic E-state index is -0.511. The van der Waals surface area contributed by atoms with Crippen LogP contribution in [0.5, 0.6) is 0 Å². The van der Waals surface area contributed by atoms with Crippen LogP contribution in [-0.2, 0) is 0 Å². The molecule has 0 heterocycles. The van der Waals surface area contributed by atoms with E-state index in [1.807, 2.05) is 0 Å². The number of anilines is 1. The zero-order valence-electron chi connectivity index (χ0n) is 10.6. The number of amides is 1. The molecule has 0 bridgehead atoms. The maximum Gasteiger partial charge on any atom is 0.274 e. The van der Waals surface area contributed by atoms with Gasteiger partial charge in [-0.25, -0.2) is 4.39 Å². The van der Waals surface area contributed by atoms with Gasteiger partial charge in [0.1, 0.15) is 5.82 Å². The predicted molar refractivity (Wildman–Crippen MR) is 72.2 cm³/mol. The Morgan fingerprint density at radius 3 is 2.45 bits per heavy atom. The highest BCUT2D eigenvalue weighted by Gasteiger charge is 2.15. The van der Waals surface area contributed by atoms with Crippen molar-refractivity contribution in [3.63, 3.8) is 0 Å². The van der Waals surface area contributed by atoms with Gasteiger partial charge in [0.25, 0.3) is 11.6 Å². The van der Waals surface area contributed by atoms with Crippen molar-refractivity contribution in [1.82, 2.24) is 0 Å². The summed E-state index contributed by atoms with van der Waals surface area (Å²) in [6, 6.07) is 9.47. The molecule has 20 heavy (non-hydrogen) atoms. The van der Waals surface area contributed by atoms with E-state index < -0.39 is 16.6 Å². The van der Waals surface area contributed by atoms with E-state index in [0.717, 1.165) is 0 Å². The third kappa shape index (κ3) is 2.80. The second kappa shape index (κ2) is 5.48. The lowest BCUT2D eigenvalue weighted by Gasteiger charge is -2.08. The largest absolute Gasteiger partial charge is 0.321 e. The SMILES string of the molecule is Cc1c(NC(=O)c2ccc(F)cc2)cccc1[N+](=O)[O-]. The first-order valence-electron chi connectivity index (χ1n) is 5.80. The molecule has 5 nitrogen and oxygen atoms in total. The molecule has 1 amide bonds. The van der Waals surface area contributed by atoms with Crippen molar-refractivity contribution in [2.45, 2.75) is 6.92 Å². The van der Waals surface area contributed by atoms with Crippen molar-refractivity contribution >= 4 is 17.3 Å². The van der Waals surface area contributed by atoms with Gasteiger partial charge >= 0.3 is 0 Å². The van der Waals surface area contributed by atoms with Crippen molar-refractivity contribution in [2.24, 2.45) is 0 Å². The zero-order valence-corrected chi connectivity index (χ0v) is 10.6. The van der Waals surface area contributed by atoms with E-state index in [9.17, 15) is 19.3 Å². The number of nitrogens with zero attached hydrogens (tertiary/aromatic N) is 1. The van der Waals surface area contributed by atoms with Crippen molar-refractivity contribution < 1.29 is 14.1 Å². The lowest BCUT2D eigenvalue weighted by atomic mass is 10.1. The smallest absolute Gasteiger partial charge is 0.274 e. The summed E-state index contributed by atoms with van der Waals surface area (Å²) in [5, 5.41) is 13.4. The lowest BCUT2D eigenvalue weighted by molar-refractivity contribution is -0.385. The minimum absolute atomic E-state index is 0.0677. The molecule has 0 radical (unpaired) electrons. The van der Waals surface area contributed by atoms with Crippen molar-refractivity contribution in [3.8, 4) is 0 Å². The first-order valence-corrected chi connectivity index (χ1v) is 5.80. The van der Waals surface area contributed by atoms with Crippen molar-refractivity contribution in [1.29, 1.82) is 0 Å². The maximum atomic E-state index is 12.8. The van der Waals surface area contributed by atoms with Gasteiger partial charge in [0.2, 0.25) is 0 Å². The van der Waals surface area contributed by atoms with Crippen LogP contribution < -0.4 is 5.32 Å². The summed E-state index contributed by atoms with van der Waals surface area (Å²) in [5.74, 6) is -0.887. The van der Waals surface area contributed by atoms with Crippen LogP contribution >= 0.6 is 0 Å². The average Bonchev–Trinajstić information content (AvgIpc) is 2.41. The van der Waals surface area contributed by atoms with Crippen LogP contribution in [0.4, 0.5) is 15.8 Å². The molecular formula is C14H11FN2O3. The fraction of sp³-hybridized carbons (Fsp3) is 0.0714. The molecule has 0 aliphatic rings. The van der Waals surface area contributed by atoms with E-state index >= 15 is 0 Å². The van der Waals surface area contributed by atoms with E-state index in [0.29, 0.717) is 11.3 Å². The van der Waals surface area contributed by atoms with Gasteiger partial charge in [-0.05, 0) is 37.3 Å². The summed E-state index contributed by atoms with van der Waals surface area (Å²) < 4.78 is 12.8. The molecule has 0 aliphatic heterocycles. The summed E-state index contributed by atoms with van der Waals surface area (Å²) in [6.45, 7) is 1.55. The topological polar surface area (TPSA) is 72.2 Å². The highest BCUT2D eigenvalue weighted by Crippen LogP contribution is 2.25. The number of rotatable bonds is 3. The predicted octanol–water partition coefficient (Wildman–Crippen LogP) is 3.29. The van der Waals surface area contributed by atoms with Crippen LogP contribution in [0.15, 0.2) is 42.5 Å². The molecule has 0 aromatic heterocycles. The molecular weight excluding hydrogens is 263 g/mol. The fourth-order valence-corrected chi connectivity index (χ4v) is 1.75. The van der Waals surface area contributed by atoms with E-state index in [1.54, 1.807) is 13.0 Å². The summed E-state index contributed by atoms with van der Waals surface area (Å²) in [5.41, 5.74) is 0.931. The molecule has 2 aromatic carbocycles. The summed E-state index contributed by atoms with van der Waals surface area (Å²) >= 11 is 0. The molecule has 102 valence electrons. The third-order valence-corrected chi connectivity index (χ3v) is 2.86. The lowest BCUT2D eigenvalue weighted by Crippen LogP contribution is -2.13. The highest BCUT2D eigenvalue weighted by atomic mass is 19.1. The number of hydrogen-bond donors (Lipinski definition) is 1. The van der Waals surface area contributed by atoms with Gasteiger partial charge in [0.05, 0.1) is 16.2 Å². The van der Waals surface area contributed by atoms with Gasteiger partial charge in [0.15, 0.2) is 0 Å². The summed E-state index contributed by atoms with van der Waals surface area (Å²) in [4.78, 5) is 22.3. The van der Waals surface area contributed by atoms with Crippen LogP contribution in [0, 0.1) is 22.9 Å². The number of carbonyl (C=O) groups excluding carboxylic acids is 1. The normalized spacial score (nSPS) is 10.1. The fourth-order valence-electron chi connectivity index (χ4n) is 1.75. The third-order valence-electron chi connectivity index (χ3n) is 2.86. The average molecular weight is 274 g/mol. The molecule has 0 atom stereocenters. The Hall–Kier alpha value is -2.76. The van der Waals surface area contributed by atoms with Crippen molar-refractivity contribution in [2.75, 3.05) is 5.32 Å². The van der Waals surface area contributed by atoms with Gasteiger partial charge in [-0.3, -0.25) is 14.9 Å². The molecule has 0 unspecified atom stereocenters. The van der Waals surface area contributed by atoms with Crippen LogP contribution in [0.25, 0.3) is 0 Å². The summed E-state index contributed by atoms with van der Waals surface area (Å²) in [6.07, 6.45) is 0. The van der Waals surface area contributed by atoms with Gasteiger partial charge < -0.3 is 5.32 Å². The Balaban J connectivity index is 2.26. The van der Waals surface area contributed by atoms with Crippen LogP contribution in [0.2, 0.25) is 0 Å². The van der Waals surface area contributed by atoms with E-state index in [4.69, 9.17) is 0 Å². The van der Waals surface area contributed by atoms with Crippen molar-refractivity contribution in [3.05, 3.63) is 69.5 Å². The number of benzene rings is 2. The zero-order chi connectivity index (χ0) is 14.7. The number of nitro groups is 1. The Kier molecular flexibility index (Phi) is 3.74. The number of hydrogen-bond acceptors (Lipinski definition) is 3. The second-order valence-corrected chi connectivity index (χ2v) is 4.17. The molecule has 6 heteroatoms. The summed E-state index contributed by atoms with van der Waals surface area (Å²) in [7, 11) is 0. The minimum Gasteiger partial charge on any atom is -0.321 e. The second-order valence-electron chi connectivity index (χ2n) is 4.17. The molecule has 0 saturated heterocycles. The van der Waals surface area contributed by atoms with Gasteiger partial charge in [0, 0.05) is 11.6 Å². The van der Waals surface area contributed by atoms with Crippen LogP contribution in [0.3, 0.4) is 0 Å². The molecule has 2 rings (SSSR count). The number of carbonyl (C=O) groups is 1. The Labute approximate surface area is 114 Å². The Morgan fingerprint density at radius 1 is 1.20 bits per heavy atom. The molecule has 0 aliphatic carbocycles. The van der Waals surface area contributed by atoms with E-state index in [2.05, 4.69) is 5.32 Å². The standard InChI is InChI=1S/C14H11FN2O3/c1-9-12(3-2-4-13(9)17(19)20)16-14(18)10-5-7-11(15)8-6-10/h2-8H,1H3,(H,16,18). The van der Waals surface area contributed by atoms with Crippen LogP contribution in [-0.4, -0.2) is 10.8 Å². The molecule has 0 saturated carbocycles. The number of halogens is 1. The van der Waals surface area contributed by atoms with Crippen LogP contribution in [0.1, 0.15) is 15.9 Å². The quantitative estimate of drug-likeness (QED) is 0.689. The van der Waals surface area contributed by atoms with Gasteiger partial charge in [-0.15, -0.1) is 0 Å². The highest BCUT2D eigenvalue weighted by molar-refractivity contribution is 6.04. The number of nitro benzene ring substituents is 1. The van der Waals surface area contributed by atoms with E-state index in [1.165, 1.54) is 36.4 Å². The van der Waals surface area contributed by atoms with E-state index in [-0.39, 0.29) is 11.3 Å².